The maximum Gasteiger partial charge on any atom is 0.418 e. The van der Waals surface area contributed by atoms with Crippen LogP contribution in [0.25, 0.3) is 0 Å². The quantitative estimate of drug-likeness (QED) is 0.836. The maximum atomic E-state index is 12.9. The zero-order valence-corrected chi connectivity index (χ0v) is 11.0. The summed E-state index contributed by atoms with van der Waals surface area (Å²) in [5, 5.41) is 2.25. The number of pyridine rings is 1. The second kappa shape index (κ2) is 5.43. The number of nitrogens with one attached hydrogen (secondary N) is 1. The van der Waals surface area contributed by atoms with Crippen LogP contribution in [0.15, 0.2) is 36.5 Å². The van der Waals surface area contributed by atoms with Gasteiger partial charge in [-0.1, -0.05) is 0 Å². The molecular formula is C14H12F3N3O. The van der Waals surface area contributed by atoms with Gasteiger partial charge in [0, 0.05) is 23.1 Å². The number of nitrogens with two attached hydrogens (primary N) is 1. The molecule has 0 saturated carbocycles. The van der Waals surface area contributed by atoms with Gasteiger partial charge in [0.25, 0.3) is 5.91 Å². The molecule has 1 amide bonds. The lowest BCUT2D eigenvalue weighted by Gasteiger charge is -2.14. The van der Waals surface area contributed by atoms with Crippen LogP contribution in [0, 0.1) is 6.92 Å². The van der Waals surface area contributed by atoms with E-state index in [2.05, 4.69) is 10.3 Å². The second-order valence-corrected chi connectivity index (χ2v) is 4.44. The number of aryl methyl sites for hydroxylation is 1. The third kappa shape index (κ3) is 3.50. The summed E-state index contributed by atoms with van der Waals surface area (Å²) in [6, 6.07) is 6.12. The number of alkyl halides is 3. The normalized spacial score (nSPS) is 11.2. The molecule has 21 heavy (non-hydrogen) atoms. The lowest BCUT2D eigenvalue weighted by Crippen LogP contribution is -2.17. The standard InChI is InChI=1S/C14H12F3N3O/c1-8-6-9(4-5-19-8)13(21)20-12-3-2-10(18)7-11(12)14(15,16)17/h2-7H,18H2,1H3,(H,20,21). The summed E-state index contributed by atoms with van der Waals surface area (Å²) in [6.07, 6.45) is -3.19. The van der Waals surface area contributed by atoms with Crippen molar-refractivity contribution < 1.29 is 18.0 Å². The molecule has 0 bridgehead atoms. The molecule has 0 radical (unpaired) electrons. The molecule has 1 aromatic carbocycles. The number of rotatable bonds is 2. The number of amides is 1. The van der Waals surface area contributed by atoms with Gasteiger partial charge in [-0.05, 0) is 37.3 Å². The molecule has 0 saturated heterocycles. The fourth-order valence-corrected chi connectivity index (χ4v) is 1.79. The van der Waals surface area contributed by atoms with Gasteiger partial charge in [0.05, 0.1) is 11.3 Å². The first-order valence-electron chi connectivity index (χ1n) is 5.98. The van der Waals surface area contributed by atoms with Crippen molar-refractivity contribution in [2.24, 2.45) is 0 Å². The van der Waals surface area contributed by atoms with Crippen LogP contribution in [0.4, 0.5) is 24.5 Å². The van der Waals surface area contributed by atoms with Gasteiger partial charge in [-0.3, -0.25) is 9.78 Å². The van der Waals surface area contributed by atoms with Gasteiger partial charge in [0.15, 0.2) is 0 Å². The Morgan fingerprint density at radius 2 is 1.95 bits per heavy atom. The molecule has 3 N–H and O–H groups in total. The van der Waals surface area contributed by atoms with Crippen LogP contribution >= 0.6 is 0 Å². The molecule has 1 aromatic heterocycles. The fourth-order valence-electron chi connectivity index (χ4n) is 1.79. The highest BCUT2D eigenvalue weighted by atomic mass is 19.4. The molecule has 4 nitrogen and oxygen atoms in total. The summed E-state index contributed by atoms with van der Waals surface area (Å²) in [5.41, 5.74) is 4.84. The van der Waals surface area contributed by atoms with E-state index in [-0.39, 0.29) is 16.9 Å². The highest BCUT2D eigenvalue weighted by Crippen LogP contribution is 2.36. The minimum atomic E-state index is -4.61. The van der Waals surface area contributed by atoms with Crippen LogP contribution in [0.3, 0.4) is 0 Å². The first-order chi connectivity index (χ1) is 9.77. The Balaban J connectivity index is 2.34. The minimum absolute atomic E-state index is 0.0277. The van der Waals surface area contributed by atoms with E-state index in [4.69, 9.17) is 5.73 Å². The van der Waals surface area contributed by atoms with E-state index in [0.29, 0.717) is 5.69 Å². The Labute approximate surface area is 118 Å². The SMILES string of the molecule is Cc1cc(C(=O)Nc2ccc(N)cc2C(F)(F)F)ccn1. The monoisotopic (exact) mass is 295 g/mol. The predicted octanol–water partition coefficient (Wildman–Crippen LogP) is 3.24. The highest BCUT2D eigenvalue weighted by Gasteiger charge is 2.34. The van der Waals surface area contributed by atoms with Crippen LogP contribution < -0.4 is 11.1 Å². The summed E-state index contributed by atoms with van der Waals surface area (Å²) >= 11 is 0. The molecule has 110 valence electrons. The summed E-state index contributed by atoms with van der Waals surface area (Å²) < 4.78 is 38.8. The zero-order chi connectivity index (χ0) is 15.6. The first kappa shape index (κ1) is 14.8. The van der Waals surface area contributed by atoms with Crippen LogP contribution in [0.2, 0.25) is 0 Å². The number of nitrogens with zero attached hydrogens (tertiary/aromatic N) is 1. The number of benzene rings is 1. The molecule has 0 atom stereocenters. The van der Waals surface area contributed by atoms with Crippen molar-refractivity contribution in [2.45, 2.75) is 13.1 Å². The molecular weight excluding hydrogens is 283 g/mol. The number of nitrogen functional groups attached to an aromatic ring is 1. The lowest BCUT2D eigenvalue weighted by atomic mass is 10.1. The number of anilines is 2. The maximum absolute atomic E-state index is 12.9. The van der Waals surface area contributed by atoms with Gasteiger partial charge in [0.2, 0.25) is 0 Å². The van der Waals surface area contributed by atoms with Gasteiger partial charge in [-0.25, -0.2) is 0 Å². The number of aromatic nitrogens is 1. The molecule has 2 aromatic rings. The van der Waals surface area contributed by atoms with Gasteiger partial charge < -0.3 is 11.1 Å². The van der Waals surface area contributed by atoms with Crippen LogP contribution in [-0.2, 0) is 6.18 Å². The largest absolute Gasteiger partial charge is 0.418 e. The van der Waals surface area contributed by atoms with E-state index in [0.717, 1.165) is 12.1 Å². The fraction of sp³-hybridized carbons (Fsp3) is 0.143. The van der Waals surface area contributed by atoms with Gasteiger partial charge in [-0.15, -0.1) is 0 Å². The molecule has 0 aliphatic heterocycles. The van der Waals surface area contributed by atoms with E-state index in [1.54, 1.807) is 6.92 Å². The Bertz CT molecular complexity index is 683. The molecule has 0 aliphatic rings. The number of carbonyl (C=O) groups is 1. The van der Waals surface area contributed by atoms with Gasteiger partial charge in [0.1, 0.15) is 0 Å². The van der Waals surface area contributed by atoms with E-state index < -0.39 is 17.6 Å². The van der Waals surface area contributed by atoms with Crippen molar-refractivity contribution in [3.05, 3.63) is 53.3 Å². The lowest BCUT2D eigenvalue weighted by molar-refractivity contribution is -0.136. The van der Waals surface area contributed by atoms with Crippen molar-refractivity contribution in [2.75, 3.05) is 11.1 Å². The minimum Gasteiger partial charge on any atom is -0.399 e. The van der Waals surface area contributed by atoms with Crippen LogP contribution in [0.5, 0.6) is 0 Å². The second-order valence-electron chi connectivity index (χ2n) is 4.44. The van der Waals surface area contributed by atoms with E-state index in [1.165, 1.54) is 24.4 Å². The van der Waals surface area contributed by atoms with Crippen molar-refractivity contribution >= 4 is 17.3 Å². The van der Waals surface area contributed by atoms with E-state index in [1.807, 2.05) is 0 Å². The molecule has 1 heterocycles. The highest BCUT2D eigenvalue weighted by molar-refractivity contribution is 6.04. The van der Waals surface area contributed by atoms with E-state index >= 15 is 0 Å². The average Bonchev–Trinajstić information content (AvgIpc) is 2.39. The molecule has 7 heteroatoms. The van der Waals surface area contributed by atoms with Crippen molar-refractivity contribution in [1.82, 2.24) is 4.98 Å². The summed E-state index contributed by atoms with van der Waals surface area (Å²) in [6.45, 7) is 1.68. The smallest absolute Gasteiger partial charge is 0.399 e. The Kier molecular flexibility index (Phi) is 3.84. The molecule has 0 unspecified atom stereocenters. The molecule has 0 spiro atoms. The molecule has 0 aliphatic carbocycles. The Morgan fingerprint density at radius 3 is 2.57 bits per heavy atom. The summed E-state index contributed by atoms with van der Waals surface area (Å²) in [5.74, 6) is -0.643. The number of carbonyl (C=O) groups excluding carboxylic acids is 1. The van der Waals surface area contributed by atoms with Crippen LogP contribution in [0.1, 0.15) is 21.6 Å². The zero-order valence-electron chi connectivity index (χ0n) is 11.0. The third-order valence-corrected chi connectivity index (χ3v) is 2.76. The topological polar surface area (TPSA) is 68.0 Å². The van der Waals surface area contributed by atoms with Crippen molar-refractivity contribution in [3.8, 4) is 0 Å². The Hall–Kier alpha value is -2.57. The van der Waals surface area contributed by atoms with Gasteiger partial charge >= 0.3 is 6.18 Å². The summed E-state index contributed by atoms with van der Waals surface area (Å²) in [4.78, 5) is 15.9. The summed E-state index contributed by atoms with van der Waals surface area (Å²) in [7, 11) is 0. The van der Waals surface area contributed by atoms with E-state index in [9.17, 15) is 18.0 Å². The van der Waals surface area contributed by atoms with Crippen LogP contribution in [-0.4, -0.2) is 10.9 Å². The average molecular weight is 295 g/mol. The molecule has 0 fully saturated rings. The number of hydrogen-bond acceptors (Lipinski definition) is 3. The van der Waals surface area contributed by atoms with Gasteiger partial charge in [-0.2, -0.15) is 13.2 Å². The molecule has 2 rings (SSSR count). The number of hydrogen-bond donors (Lipinski definition) is 2. The van der Waals surface area contributed by atoms with Crippen molar-refractivity contribution in [3.63, 3.8) is 0 Å². The first-order valence-corrected chi connectivity index (χ1v) is 5.98. The third-order valence-electron chi connectivity index (χ3n) is 2.76. The predicted molar refractivity (Wildman–Crippen MR) is 72.8 cm³/mol. The number of halogens is 3. The Morgan fingerprint density at radius 1 is 1.24 bits per heavy atom. The van der Waals surface area contributed by atoms with Crippen molar-refractivity contribution in [1.29, 1.82) is 0 Å².